The number of rotatable bonds is 4. The largest absolute Gasteiger partial charge is 0.497 e. The lowest BCUT2D eigenvalue weighted by Gasteiger charge is -2.25. The van der Waals surface area contributed by atoms with E-state index in [0.717, 1.165) is 11.3 Å². The smallest absolute Gasteiger partial charge is 0.160 e. The van der Waals surface area contributed by atoms with Crippen molar-refractivity contribution in [1.82, 2.24) is 0 Å². The molecule has 2 fully saturated rings. The van der Waals surface area contributed by atoms with E-state index in [-0.39, 0.29) is 24.0 Å². The van der Waals surface area contributed by atoms with Gasteiger partial charge in [-0.15, -0.1) is 0 Å². The van der Waals surface area contributed by atoms with Gasteiger partial charge < -0.3 is 35.2 Å². The van der Waals surface area contributed by atoms with Crippen molar-refractivity contribution < 1.29 is 28.5 Å². The molecule has 1 aromatic rings. The Labute approximate surface area is 167 Å². The maximum Gasteiger partial charge on any atom is 0.160 e. The van der Waals surface area contributed by atoms with Gasteiger partial charge in [-0.25, -0.2) is 0 Å². The molecule has 0 aromatic heterocycles. The van der Waals surface area contributed by atoms with Crippen LogP contribution in [0.4, 0.5) is 0 Å². The van der Waals surface area contributed by atoms with E-state index in [1.165, 1.54) is 6.92 Å². The second-order valence-corrected chi connectivity index (χ2v) is 6.44. The maximum atomic E-state index is 10.6. The lowest BCUT2D eigenvalue weighted by molar-refractivity contribution is -0.143. The molecule has 1 aromatic carbocycles. The number of ketones is 1. The third-order valence-corrected chi connectivity index (χ3v) is 4.09. The summed E-state index contributed by atoms with van der Waals surface area (Å²) < 4.78 is 25.5. The zero-order chi connectivity index (χ0) is 20.8. The van der Waals surface area contributed by atoms with Crippen molar-refractivity contribution in [3.8, 4) is 5.75 Å². The first-order valence-electron chi connectivity index (χ1n) is 9.45. The van der Waals surface area contributed by atoms with Crippen LogP contribution in [0.2, 0.25) is 0 Å². The van der Waals surface area contributed by atoms with Gasteiger partial charge in [0.1, 0.15) is 11.9 Å². The van der Waals surface area contributed by atoms with E-state index in [2.05, 4.69) is 0 Å². The van der Waals surface area contributed by atoms with Crippen molar-refractivity contribution in [3.05, 3.63) is 29.8 Å². The lowest BCUT2D eigenvalue weighted by atomic mass is 10.2. The molecule has 3 atom stereocenters. The maximum absolute atomic E-state index is 10.6. The Hall–Kier alpha value is -1.55. The third kappa shape index (κ3) is 10.1. The van der Waals surface area contributed by atoms with Gasteiger partial charge in [0, 0.05) is 12.6 Å². The molecular weight excluding hydrogens is 364 g/mol. The molecule has 28 heavy (non-hydrogen) atoms. The fraction of sp³-hybridized carbons (Fsp3) is 0.650. The number of hydrogen-bond acceptors (Lipinski definition) is 8. The van der Waals surface area contributed by atoms with Gasteiger partial charge >= 0.3 is 0 Å². The molecule has 2 aliphatic heterocycles. The second-order valence-electron chi connectivity index (χ2n) is 6.44. The first kappa shape index (κ1) is 24.5. The monoisotopic (exact) mass is 398 g/mol. The summed E-state index contributed by atoms with van der Waals surface area (Å²) in [6.45, 7) is 7.67. The van der Waals surface area contributed by atoms with E-state index in [4.69, 9.17) is 35.2 Å². The van der Waals surface area contributed by atoms with Gasteiger partial charge in [0.05, 0.1) is 52.9 Å². The highest BCUT2D eigenvalue weighted by atomic mass is 16.6. The van der Waals surface area contributed by atoms with Crippen LogP contribution >= 0.6 is 0 Å². The van der Waals surface area contributed by atoms with Crippen molar-refractivity contribution in [2.45, 2.75) is 38.6 Å². The summed E-state index contributed by atoms with van der Waals surface area (Å²) in [7, 11) is 1.65. The van der Waals surface area contributed by atoms with Gasteiger partial charge in [0.25, 0.3) is 0 Å². The minimum Gasteiger partial charge on any atom is -0.497 e. The Bertz CT molecular complexity index is 503. The van der Waals surface area contributed by atoms with Crippen LogP contribution in [0, 0.1) is 0 Å². The van der Waals surface area contributed by atoms with Crippen LogP contribution < -0.4 is 16.2 Å². The quantitative estimate of drug-likeness (QED) is 0.768. The highest BCUT2D eigenvalue weighted by molar-refractivity contribution is 5.80. The first-order chi connectivity index (χ1) is 13.5. The van der Waals surface area contributed by atoms with Crippen molar-refractivity contribution in [1.29, 1.82) is 0 Å². The van der Waals surface area contributed by atoms with Crippen molar-refractivity contribution >= 4 is 5.78 Å². The topological polar surface area (TPSA) is 115 Å². The van der Waals surface area contributed by atoms with Gasteiger partial charge in [-0.05, 0) is 31.5 Å². The summed E-state index contributed by atoms with van der Waals surface area (Å²) in [6, 6.07) is 7.81. The summed E-state index contributed by atoms with van der Waals surface area (Å²) in [6.07, 6.45) is -0.197. The summed E-state index contributed by atoms with van der Waals surface area (Å²) in [5, 5.41) is 0. The normalized spacial score (nSPS) is 22.6. The number of Topliss-reactive ketones (excluding diaryl/α,β-unsaturated/α-hetero) is 1. The molecule has 2 heterocycles. The minimum absolute atomic E-state index is 0.0506. The van der Waals surface area contributed by atoms with E-state index in [0.29, 0.717) is 46.2 Å². The van der Waals surface area contributed by atoms with E-state index in [1.54, 1.807) is 7.11 Å². The highest BCUT2D eigenvalue weighted by Gasteiger charge is 2.18. The predicted molar refractivity (Wildman–Crippen MR) is 106 cm³/mol. The molecule has 0 aliphatic carbocycles. The van der Waals surface area contributed by atoms with Gasteiger partial charge in [0.15, 0.2) is 5.78 Å². The van der Waals surface area contributed by atoms with Crippen LogP contribution in [-0.2, 0) is 30.3 Å². The zero-order valence-electron chi connectivity index (χ0n) is 17.1. The number of carbonyl (C=O) groups excluding carboxylic acids is 1. The second kappa shape index (κ2) is 14.4. The Morgan fingerprint density at radius 3 is 2.04 bits per heavy atom. The number of methoxy groups -OCH3 is 1. The van der Waals surface area contributed by atoms with Gasteiger partial charge in [-0.3, -0.25) is 4.79 Å². The van der Waals surface area contributed by atoms with Crippen LogP contribution in [0.3, 0.4) is 0 Å². The summed E-state index contributed by atoms with van der Waals surface area (Å²) >= 11 is 0. The van der Waals surface area contributed by atoms with Crippen LogP contribution in [-0.4, -0.2) is 70.8 Å². The number of hydrogen-bond donors (Lipinski definition) is 2. The molecule has 4 N–H and O–H groups in total. The molecule has 3 unspecified atom stereocenters. The Morgan fingerprint density at radius 2 is 1.71 bits per heavy atom. The Balaban J connectivity index is 0.000000210. The fourth-order valence-corrected chi connectivity index (χ4v) is 2.29. The molecule has 8 nitrogen and oxygen atoms in total. The summed E-state index contributed by atoms with van der Waals surface area (Å²) in [5.74, 6) is 0.923. The SMILES string of the molecule is CC(=O)C1COCCO1.CC(N)C1COCCO1.COc1ccc(CN)cc1. The van der Waals surface area contributed by atoms with Crippen molar-refractivity contribution in [2.24, 2.45) is 11.5 Å². The molecule has 0 bridgehead atoms. The van der Waals surface area contributed by atoms with E-state index < -0.39 is 0 Å². The molecular formula is C20H34N2O6. The predicted octanol–water partition coefficient (Wildman–Crippen LogP) is 0.894. The number of ether oxygens (including phenoxy) is 5. The molecule has 2 aliphatic rings. The molecule has 0 amide bonds. The molecule has 3 rings (SSSR count). The number of benzene rings is 1. The third-order valence-electron chi connectivity index (χ3n) is 4.09. The minimum atomic E-state index is -0.307. The van der Waals surface area contributed by atoms with Gasteiger partial charge in [0.2, 0.25) is 0 Å². The summed E-state index contributed by atoms with van der Waals surface area (Å²) in [4.78, 5) is 10.6. The van der Waals surface area contributed by atoms with Crippen molar-refractivity contribution in [3.63, 3.8) is 0 Å². The van der Waals surface area contributed by atoms with Crippen LogP contribution in [0.5, 0.6) is 5.75 Å². The molecule has 2 saturated heterocycles. The van der Waals surface area contributed by atoms with Crippen LogP contribution in [0.15, 0.2) is 24.3 Å². The highest BCUT2D eigenvalue weighted by Crippen LogP contribution is 2.10. The molecule has 0 saturated carbocycles. The molecule has 0 spiro atoms. The standard InChI is InChI=1S/C8H11NO.C6H13NO2.C6H10O3/c1-10-8-4-2-7(6-9)3-5-8;2*1-5(7)6-4-8-2-3-9-6/h2-5H,6,9H2,1H3;5-6H,2-4,7H2,1H3;6H,2-4H2,1H3. The van der Waals surface area contributed by atoms with Crippen molar-refractivity contribution in [2.75, 3.05) is 46.8 Å². The number of nitrogens with two attached hydrogens (primary N) is 2. The van der Waals surface area contributed by atoms with Gasteiger partial charge in [-0.1, -0.05) is 12.1 Å². The number of carbonyl (C=O) groups is 1. The van der Waals surface area contributed by atoms with Crippen LogP contribution in [0.1, 0.15) is 19.4 Å². The zero-order valence-corrected chi connectivity index (χ0v) is 17.1. The molecule has 0 radical (unpaired) electrons. The summed E-state index contributed by atoms with van der Waals surface area (Å²) in [5.41, 5.74) is 12.1. The Kier molecular flexibility index (Phi) is 12.6. The van der Waals surface area contributed by atoms with Gasteiger partial charge in [-0.2, -0.15) is 0 Å². The van der Waals surface area contributed by atoms with E-state index in [9.17, 15) is 4.79 Å². The fourth-order valence-electron chi connectivity index (χ4n) is 2.29. The average molecular weight is 399 g/mol. The lowest BCUT2D eigenvalue weighted by Crippen LogP contribution is -2.41. The van der Waals surface area contributed by atoms with E-state index >= 15 is 0 Å². The first-order valence-corrected chi connectivity index (χ1v) is 9.45. The van der Waals surface area contributed by atoms with Crippen LogP contribution in [0.25, 0.3) is 0 Å². The Morgan fingerprint density at radius 1 is 1.11 bits per heavy atom. The molecule has 8 heteroatoms. The van der Waals surface area contributed by atoms with E-state index in [1.807, 2.05) is 31.2 Å². The molecule has 160 valence electrons. The average Bonchev–Trinajstić information content (AvgIpc) is 2.76.